The Hall–Kier alpha value is -1.90. The monoisotopic (exact) mass is 394 g/mol. The van der Waals surface area contributed by atoms with Crippen molar-refractivity contribution in [3.63, 3.8) is 0 Å². The summed E-state index contributed by atoms with van der Waals surface area (Å²) in [5.74, 6) is 0.673. The number of benzene rings is 1. The summed E-state index contributed by atoms with van der Waals surface area (Å²) in [4.78, 5) is 7.55. The van der Waals surface area contributed by atoms with Crippen LogP contribution < -0.4 is 9.46 Å². The van der Waals surface area contributed by atoms with Crippen molar-refractivity contribution >= 4 is 38.4 Å². The van der Waals surface area contributed by atoms with E-state index in [1.807, 2.05) is 20.8 Å². The molecule has 1 N–H and O–H groups in total. The fourth-order valence-corrected chi connectivity index (χ4v) is 5.90. The molecule has 0 bridgehead atoms. The molecule has 8 heteroatoms. The topological polar surface area (TPSA) is 68.3 Å². The fourth-order valence-electron chi connectivity index (χ4n) is 2.28. The van der Waals surface area contributed by atoms with Gasteiger partial charge in [-0.25, -0.2) is 13.4 Å². The molecule has 25 heavy (non-hydrogen) atoms. The quantitative estimate of drug-likeness (QED) is 0.686. The average Bonchev–Trinajstić information content (AvgIpc) is 3.11. The zero-order chi connectivity index (χ0) is 18.2. The largest absolute Gasteiger partial charge is 0.497 e. The lowest BCUT2D eigenvalue weighted by Gasteiger charge is -2.08. The number of rotatable bonds is 5. The van der Waals surface area contributed by atoms with Crippen molar-refractivity contribution in [1.82, 2.24) is 4.98 Å². The second kappa shape index (κ2) is 6.78. The van der Waals surface area contributed by atoms with Crippen molar-refractivity contribution in [3.05, 3.63) is 45.8 Å². The van der Waals surface area contributed by atoms with Gasteiger partial charge in [-0.05, 0) is 51.1 Å². The minimum atomic E-state index is -3.66. The van der Waals surface area contributed by atoms with Gasteiger partial charge < -0.3 is 4.74 Å². The smallest absolute Gasteiger partial charge is 0.263 e. The Morgan fingerprint density at radius 2 is 1.72 bits per heavy atom. The van der Waals surface area contributed by atoms with E-state index in [1.54, 1.807) is 48.8 Å². The van der Waals surface area contributed by atoms with E-state index in [9.17, 15) is 8.42 Å². The van der Waals surface area contributed by atoms with Gasteiger partial charge >= 0.3 is 0 Å². The highest BCUT2D eigenvalue weighted by Gasteiger charge is 2.22. The molecule has 132 valence electrons. The van der Waals surface area contributed by atoms with E-state index in [1.165, 1.54) is 11.3 Å². The maximum absolute atomic E-state index is 12.7. The van der Waals surface area contributed by atoms with E-state index in [-0.39, 0.29) is 4.90 Å². The molecule has 0 aliphatic carbocycles. The second-order valence-electron chi connectivity index (χ2n) is 5.53. The molecule has 0 saturated heterocycles. The molecular weight excluding hydrogens is 376 g/mol. The van der Waals surface area contributed by atoms with E-state index >= 15 is 0 Å². The van der Waals surface area contributed by atoms with Crippen molar-refractivity contribution in [1.29, 1.82) is 0 Å². The van der Waals surface area contributed by atoms with Crippen LogP contribution in [0.2, 0.25) is 0 Å². The molecule has 0 spiro atoms. The van der Waals surface area contributed by atoms with Crippen molar-refractivity contribution < 1.29 is 13.2 Å². The molecule has 0 aliphatic rings. The summed E-state index contributed by atoms with van der Waals surface area (Å²) < 4.78 is 33.2. The zero-order valence-corrected chi connectivity index (χ0v) is 16.7. The number of sulfonamides is 1. The van der Waals surface area contributed by atoms with Crippen LogP contribution in [0.1, 0.15) is 15.4 Å². The van der Waals surface area contributed by atoms with Gasteiger partial charge in [-0.2, -0.15) is 0 Å². The first-order valence-electron chi connectivity index (χ1n) is 7.52. The maximum Gasteiger partial charge on any atom is 0.263 e. The fraction of sp³-hybridized carbons (Fsp3) is 0.235. The van der Waals surface area contributed by atoms with Crippen molar-refractivity contribution in [2.24, 2.45) is 0 Å². The third kappa shape index (κ3) is 3.70. The molecule has 0 unspecified atom stereocenters. The molecule has 2 aromatic heterocycles. The van der Waals surface area contributed by atoms with Gasteiger partial charge in [0.25, 0.3) is 10.0 Å². The summed E-state index contributed by atoms with van der Waals surface area (Å²) >= 11 is 3.02. The first-order chi connectivity index (χ1) is 11.8. The van der Waals surface area contributed by atoms with E-state index in [2.05, 4.69) is 9.71 Å². The number of nitrogens with one attached hydrogen (secondary N) is 1. The lowest BCUT2D eigenvalue weighted by atomic mass is 10.3. The van der Waals surface area contributed by atoms with Crippen LogP contribution in [0.5, 0.6) is 5.75 Å². The Kier molecular flexibility index (Phi) is 4.86. The minimum Gasteiger partial charge on any atom is -0.497 e. The van der Waals surface area contributed by atoms with Gasteiger partial charge in [0.15, 0.2) is 0 Å². The van der Waals surface area contributed by atoms with E-state index < -0.39 is 10.0 Å². The van der Waals surface area contributed by atoms with Gasteiger partial charge in [-0.1, -0.05) is 0 Å². The SMILES string of the molecule is COc1ccc(NS(=O)(=O)c2cc(-c3nc(C)c(C)s3)sc2C)cc1. The highest BCUT2D eigenvalue weighted by atomic mass is 32.2. The third-order valence-corrected chi connectivity index (χ3v) is 7.67. The molecule has 0 aliphatic heterocycles. The molecule has 3 rings (SSSR count). The predicted molar refractivity (Wildman–Crippen MR) is 103 cm³/mol. The molecule has 0 radical (unpaired) electrons. The third-order valence-electron chi connectivity index (χ3n) is 3.74. The van der Waals surface area contributed by atoms with Gasteiger partial charge in [0.1, 0.15) is 15.7 Å². The Bertz CT molecular complexity index is 983. The Morgan fingerprint density at radius 3 is 2.28 bits per heavy atom. The van der Waals surface area contributed by atoms with Crippen molar-refractivity contribution in [3.8, 4) is 15.6 Å². The van der Waals surface area contributed by atoms with Crippen LogP contribution in [0, 0.1) is 20.8 Å². The first kappa shape index (κ1) is 17.9. The lowest BCUT2D eigenvalue weighted by Crippen LogP contribution is -2.13. The normalized spacial score (nSPS) is 11.5. The molecular formula is C17H18N2O3S3. The molecule has 0 atom stereocenters. The molecule has 0 saturated carbocycles. The number of hydrogen-bond acceptors (Lipinski definition) is 6. The summed E-state index contributed by atoms with van der Waals surface area (Å²) in [6.07, 6.45) is 0. The first-order valence-corrected chi connectivity index (χ1v) is 10.6. The molecule has 3 aromatic rings. The number of nitrogens with zero attached hydrogens (tertiary/aromatic N) is 1. The van der Waals surface area contributed by atoms with Crippen molar-refractivity contribution in [2.45, 2.75) is 25.7 Å². The summed E-state index contributed by atoms with van der Waals surface area (Å²) in [6, 6.07) is 8.47. The van der Waals surface area contributed by atoms with Crippen LogP contribution in [-0.4, -0.2) is 20.5 Å². The van der Waals surface area contributed by atoms with Crippen LogP contribution in [-0.2, 0) is 10.0 Å². The number of thiazole rings is 1. The Balaban J connectivity index is 1.91. The lowest BCUT2D eigenvalue weighted by molar-refractivity contribution is 0.415. The highest BCUT2D eigenvalue weighted by molar-refractivity contribution is 7.93. The zero-order valence-electron chi connectivity index (χ0n) is 14.3. The van der Waals surface area contributed by atoms with E-state index in [0.717, 1.165) is 25.3 Å². The van der Waals surface area contributed by atoms with Gasteiger partial charge in [0.2, 0.25) is 0 Å². The average molecular weight is 395 g/mol. The Morgan fingerprint density at radius 1 is 1.04 bits per heavy atom. The van der Waals surface area contributed by atoms with Crippen LogP contribution in [0.3, 0.4) is 0 Å². The summed E-state index contributed by atoms with van der Waals surface area (Å²) in [5, 5.41) is 0.856. The number of hydrogen-bond donors (Lipinski definition) is 1. The number of ether oxygens (including phenoxy) is 1. The minimum absolute atomic E-state index is 0.286. The summed E-state index contributed by atoms with van der Waals surface area (Å²) in [7, 11) is -2.09. The molecule has 1 aromatic carbocycles. The van der Waals surface area contributed by atoms with E-state index in [0.29, 0.717) is 11.4 Å². The van der Waals surface area contributed by atoms with Crippen LogP contribution in [0.25, 0.3) is 9.88 Å². The second-order valence-corrected chi connectivity index (χ2v) is 9.64. The summed E-state index contributed by atoms with van der Waals surface area (Å²) in [6.45, 7) is 5.78. The highest BCUT2D eigenvalue weighted by Crippen LogP contribution is 2.37. The number of aryl methyl sites for hydroxylation is 3. The van der Waals surface area contributed by atoms with Gasteiger partial charge in [0.05, 0.1) is 17.7 Å². The van der Waals surface area contributed by atoms with Crippen LogP contribution in [0.4, 0.5) is 5.69 Å². The van der Waals surface area contributed by atoms with Crippen molar-refractivity contribution in [2.75, 3.05) is 11.8 Å². The van der Waals surface area contributed by atoms with Gasteiger partial charge in [0, 0.05) is 15.4 Å². The molecule has 0 amide bonds. The molecule has 5 nitrogen and oxygen atoms in total. The number of methoxy groups -OCH3 is 1. The molecule has 2 heterocycles. The Labute approximate surface area is 155 Å². The summed E-state index contributed by atoms with van der Waals surface area (Å²) in [5.41, 5.74) is 1.47. The number of thiophene rings is 1. The van der Waals surface area contributed by atoms with Gasteiger partial charge in [-0.3, -0.25) is 4.72 Å². The predicted octanol–water partition coefficient (Wildman–Crippen LogP) is 4.61. The van der Waals surface area contributed by atoms with Crippen LogP contribution in [0.15, 0.2) is 35.2 Å². The van der Waals surface area contributed by atoms with E-state index in [4.69, 9.17) is 4.74 Å². The van der Waals surface area contributed by atoms with Crippen LogP contribution >= 0.6 is 22.7 Å². The standard InChI is InChI=1S/C17H18N2O3S3/c1-10-11(2)24-17(18-10)15-9-16(12(3)23-15)25(20,21)19-13-5-7-14(22-4)8-6-13/h5-9,19H,1-4H3. The molecule has 0 fully saturated rings. The number of anilines is 1. The maximum atomic E-state index is 12.7. The van der Waals surface area contributed by atoms with Gasteiger partial charge in [-0.15, -0.1) is 22.7 Å². The number of aromatic nitrogens is 1.